The highest BCUT2D eigenvalue weighted by molar-refractivity contribution is 8.01. The summed E-state index contributed by atoms with van der Waals surface area (Å²) < 4.78 is 6.14. The molecule has 10 heteroatoms. The fraction of sp³-hybridized carbons (Fsp3) is 0.304. The number of Topliss-reactive ketones (excluding diaryl/α,β-unsaturated/α-hetero) is 1. The summed E-state index contributed by atoms with van der Waals surface area (Å²) in [6.45, 7) is 8.50. The van der Waals surface area contributed by atoms with Crippen LogP contribution in [-0.4, -0.2) is 42.2 Å². The van der Waals surface area contributed by atoms with Crippen LogP contribution in [0.4, 0.5) is 5.13 Å². The number of carbonyl (C=O) groups excluding carboxylic acids is 1. The maximum atomic E-state index is 13.5. The van der Waals surface area contributed by atoms with Crippen molar-refractivity contribution in [3.8, 4) is 11.4 Å². The number of ketones is 1. The molecule has 1 N–H and O–H groups in total. The van der Waals surface area contributed by atoms with E-state index in [0.29, 0.717) is 11.3 Å². The Balaban J connectivity index is 1.65. The molecule has 3 aromatic heterocycles. The van der Waals surface area contributed by atoms with Gasteiger partial charge < -0.3 is 9.88 Å². The summed E-state index contributed by atoms with van der Waals surface area (Å²) in [7, 11) is 1.87. The zero-order chi connectivity index (χ0) is 23.7. The van der Waals surface area contributed by atoms with Gasteiger partial charge in [-0.15, -0.1) is 10.2 Å². The third-order valence-corrected chi connectivity index (χ3v) is 7.55. The monoisotopic (exact) mass is 482 g/mol. The van der Waals surface area contributed by atoms with Crippen molar-refractivity contribution in [2.45, 2.75) is 32.0 Å². The first-order valence-corrected chi connectivity index (χ1v) is 12.4. The third kappa shape index (κ3) is 4.28. The molecule has 4 rings (SSSR count). The molecule has 8 nitrogen and oxygen atoms in total. The zero-order valence-corrected chi connectivity index (χ0v) is 20.9. The summed E-state index contributed by atoms with van der Waals surface area (Å²) in [5.74, 6) is 0.254. The lowest BCUT2D eigenvalue weighted by atomic mass is 10.2. The molecule has 0 saturated heterocycles. The summed E-state index contributed by atoms with van der Waals surface area (Å²) >= 11 is 2.81. The molecule has 0 spiro atoms. The van der Waals surface area contributed by atoms with Crippen LogP contribution in [0.2, 0.25) is 0 Å². The first-order valence-electron chi connectivity index (χ1n) is 10.6. The van der Waals surface area contributed by atoms with Gasteiger partial charge in [0.2, 0.25) is 5.13 Å². The highest BCUT2D eigenvalue weighted by Crippen LogP contribution is 2.28. The summed E-state index contributed by atoms with van der Waals surface area (Å²) in [6, 6.07) is 11.4. The van der Waals surface area contributed by atoms with Crippen LogP contribution < -0.4 is 10.9 Å². The topological polar surface area (TPSA) is 86.7 Å². The Morgan fingerprint density at radius 3 is 2.55 bits per heavy atom. The molecular weight excluding hydrogens is 456 g/mol. The first-order chi connectivity index (χ1) is 15.8. The number of nitrogens with zero attached hydrogens (tertiary/aromatic N) is 5. The highest BCUT2D eigenvalue weighted by atomic mass is 32.2. The van der Waals surface area contributed by atoms with Gasteiger partial charge in [0.1, 0.15) is 5.69 Å². The van der Waals surface area contributed by atoms with Crippen LogP contribution in [0, 0.1) is 20.8 Å². The smallest absolute Gasteiger partial charge is 0.295 e. The molecular formula is C23H26N6O2S2. The Hall–Kier alpha value is -3.11. The Labute approximate surface area is 200 Å². The van der Waals surface area contributed by atoms with Gasteiger partial charge in [-0.2, -0.15) is 0 Å². The first kappa shape index (κ1) is 23.1. The molecule has 1 aromatic carbocycles. The van der Waals surface area contributed by atoms with Crippen molar-refractivity contribution in [1.82, 2.24) is 24.1 Å². The van der Waals surface area contributed by atoms with Crippen LogP contribution in [0.1, 0.15) is 34.4 Å². The number of aryl methyl sites for hydroxylation is 1. The van der Waals surface area contributed by atoms with Gasteiger partial charge in [-0.05, 0) is 45.9 Å². The second-order valence-corrected chi connectivity index (χ2v) is 9.85. The van der Waals surface area contributed by atoms with E-state index in [1.165, 1.54) is 23.1 Å². The van der Waals surface area contributed by atoms with Crippen LogP contribution in [0.3, 0.4) is 0 Å². The Kier molecular flexibility index (Phi) is 6.57. The van der Waals surface area contributed by atoms with Crippen molar-refractivity contribution in [3.63, 3.8) is 0 Å². The number of anilines is 1. The molecule has 172 valence electrons. The lowest BCUT2D eigenvalue weighted by Crippen LogP contribution is -2.22. The van der Waals surface area contributed by atoms with Crippen molar-refractivity contribution in [1.29, 1.82) is 0 Å². The number of para-hydroxylation sites is 1. The van der Waals surface area contributed by atoms with Gasteiger partial charge in [0.25, 0.3) is 5.56 Å². The number of aromatic nitrogens is 5. The average Bonchev–Trinajstić information content (AvgIpc) is 3.43. The highest BCUT2D eigenvalue weighted by Gasteiger charge is 2.24. The van der Waals surface area contributed by atoms with Crippen LogP contribution in [0.25, 0.3) is 11.4 Å². The van der Waals surface area contributed by atoms with Gasteiger partial charge in [-0.1, -0.05) is 41.3 Å². The van der Waals surface area contributed by atoms with Crippen LogP contribution in [0.5, 0.6) is 0 Å². The molecule has 0 atom stereocenters. The molecule has 0 saturated carbocycles. The number of hydrogen-bond acceptors (Lipinski definition) is 7. The molecule has 0 radical (unpaired) electrons. The average molecular weight is 483 g/mol. The van der Waals surface area contributed by atoms with Gasteiger partial charge >= 0.3 is 0 Å². The molecule has 0 aliphatic heterocycles. The number of carbonyl (C=O) groups is 1. The molecule has 0 bridgehead atoms. The van der Waals surface area contributed by atoms with Gasteiger partial charge in [0, 0.05) is 30.5 Å². The molecule has 0 fully saturated rings. The number of thioether (sulfide) groups is 1. The maximum absolute atomic E-state index is 13.5. The van der Waals surface area contributed by atoms with Crippen molar-refractivity contribution in [3.05, 3.63) is 69.4 Å². The van der Waals surface area contributed by atoms with Gasteiger partial charge in [-0.3, -0.25) is 14.3 Å². The van der Waals surface area contributed by atoms with E-state index in [0.717, 1.165) is 38.8 Å². The number of nitrogens with one attached hydrogen (secondary N) is 1. The fourth-order valence-electron chi connectivity index (χ4n) is 3.90. The molecule has 0 unspecified atom stereocenters. The van der Waals surface area contributed by atoms with Crippen molar-refractivity contribution < 1.29 is 4.79 Å². The van der Waals surface area contributed by atoms with Crippen molar-refractivity contribution in [2.24, 2.45) is 7.05 Å². The lowest BCUT2D eigenvalue weighted by molar-refractivity contribution is 0.102. The predicted octanol–water partition coefficient (Wildman–Crippen LogP) is 4.15. The van der Waals surface area contributed by atoms with E-state index in [9.17, 15) is 9.59 Å². The minimum Gasteiger partial charge on any atom is -0.360 e. The summed E-state index contributed by atoms with van der Waals surface area (Å²) in [5.41, 5.74) is 4.27. The summed E-state index contributed by atoms with van der Waals surface area (Å²) in [4.78, 5) is 26.5. The zero-order valence-electron chi connectivity index (χ0n) is 19.2. The van der Waals surface area contributed by atoms with E-state index in [-0.39, 0.29) is 17.1 Å². The van der Waals surface area contributed by atoms with E-state index in [4.69, 9.17) is 0 Å². The number of rotatable bonds is 8. The summed E-state index contributed by atoms with van der Waals surface area (Å²) in [6.07, 6.45) is 0. The third-order valence-electron chi connectivity index (χ3n) is 5.54. The van der Waals surface area contributed by atoms with Crippen molar-refractivity contribution in [2.75, 3.05) is 17.6 Å². The molecule has 0 aliphatic rings. The molecule has 4 aromatic rings. The maximum Gasteiger partial charge on any atom is 0.295 e. The fourth-order valence-corrected chi connectivity index (χ4v) is 5.60. The number of benzene rings is 1. The van der Waals surface area contributed by atoms with E-state index in [1.54, 1.807) is 4.68 Å². The number of hydrogen-bond donors (Lipinski definition) is 1. The molecule has 0 aliphatic carbocycles. The SMILES string of the molecule is CCNc1nnc(SCC(=O)c2cc(C)n(-c3c(C)n(C)n(-c4ccccc4)c3=O)c2C)s1. The minimum absolute atomic E-state index is 0.00322. The van der Waals surface area contributed by atoms with Gasteiger partial charge in [0.15, 0.2) is 10.1 Å². The Morgan fingerprint density at radius 2 is 1.85 bits per heavy atom. The molecule has 0 amide bonds. The lowest BCUT2D eigenvalue weighted by Gasteiger charge is -2.08. The Bertz CT molecular complexity index is 1360. The van der Waals surface area contributed by atoms with E-state index < -0.39 is 0 Å². The van der Waals surface area contributed by atoms with E-state index >= 15 is 0 Å². The normalized spacial score (nSPS) is 11.2. The molecule has 33 heavy (non-hydrogen) atoms. The van der Waals surface area contributed by atoms with Crippen LogP contribution in [-0.2, 0) is 7.05 Å². The molecule has 3 heterocycles. The predicted molar refractivity (Wildman–Crippen MR) is 134 cm³/mol. The Morgan fingerprint density at radius 1 is 1.12 bits per heavy atom. The van der Waals surface area contributed by atoms with Gasteiger partial charge in [0.05, 0.1) is 17.1 Å². The minimum atomic E-state index is -0.124. The van der Waals surface area contributed by atoms with Crippen molar-refractivity contribution >= 4 is 34.0 Å². The van der Waals surface area contributed by atoms with Crippen LogP contribution >= 0.6 is 23.1 Å². The van der Waals surface area contributed by atoms with Crippen LogP contribution in [0.15, 0.2) is 45.5 Å². The standard InChI is InChI=1S/C23H26N6O2S2/c1-6-24-22-25-26-23(33-22)32-13-19(30)18-12-14(2)28(15(18)3)20-16(4)27(5)29(21(20)31)17-10-8-7-9-11-17/h7-12H,6,13H2,1-5H3,(H,24,25). The second kappa shape index (κ2) is 9.40. The quantitative estimate of drug-likeness (QED) is 0.300. The second-order valence-electron chi connectivity index (χ2n) is 7.65. The van der Waals surface area contributed by atoms with E-state index in [2.05, 4.69) is 15.5 Å². The largest absolute Gasteiger partial charge is 0.360 e. The van der Waals surface area contributed by atoms with Gasteiger partial charge in [-0.25, -0.2) is 4.68 Å². The van der Waals surface area contributed by atoms with E-state index in [1.807, 2.05) is 80.4 Å². The summed E-state index contributed by atoms with van der Waals surface area (Å²) in [5, 5.41) is 12.1.